The van der Waals surface area contributed by atoms with Gasteiger partial charge in [0.25, 0.3) is 5.69 Å². The molecular weight excluding hydrogens is 387 g/mol. The lowest BCUT2D eigenvalue weighted by molar-refractivity contribution is -0.384. The monoisotopic (exact) mass is 398 g/mol. The summed E-state index contributed by atoms with van der Waals surface area (Å²) in [7, 11) is 1.89. The first-order chi connectivity index (χ1) is 13.5. The van der Waals surface area contributed by atoms with Gasteiger partial charge in [-0.15, -0.1) is 0 Å². The molecule has 0 atom stereocenters. The Morgan fingerprint density at radius 1 is 1.21 bits per heavy atom. The fraction of sp³-hybridized carbons (Fsp3) is 0.0526. The zero-order chi connectivity index (χ0) is 19.8. The van der Waals surface area contributed by atoms with Crippen LogP contribution in [0.2, 0.25) is 5.02 Å². The zero-order valence-corrected chi connectivity index (χ0v) is 15.2. The third-order valence-corrected chi connectivity index (χ3v) is 4.62. The van der Waals surface area contributed by atoms with Gasteiger partial charge >= 0.3 is 0 Å². The summed E-state index contributed by atoms with van der Waals surface area (Å²) in [6, 6.07) is 9.43. The molecule has 0 saturated carbocycles. The van der Waals surface area contributed by atoms with E-state index >= 15 is 0 Å². The SMILES string of the molecule is Cn1cncc1-c1ccc2c(Oc3ccc([N+](=O)[O-])c(Cl)c3F)ccnc2c1. The Hall–Kier alpha value is -3.52. The van der Waals surface area contributed by atoms with Crippen molar-refractivity contribution in [3.63, 3.8) is 0 Å². The number of nitro groups is 1. The van der Waals surface area contributed by atoms with E-state index < -0.39 is 21.5 Å². The van der Waals surface area contributed by atoms with Gasteiger partial charge in [0.1, 0.15) is 5.75 Å². The number of aryl methyl sites for hydroxylation is 1. The average molecular weight is 399 g/mol. The summed E-state index contributed by atoms with van der Waals surface area (Å²) in [6.45, 7) is 0. The highest BCUT2D eigenvalue weighted by Crippen LogP contribution is 2.37. The number of pyridine rings is 1. The summed E-state index contributed by atoms with van der Waals surface area (Å²) >= 11 is 5.75. The van der Waals surface area contributed by atoms with Crippen molar-refractivity contribution in [3.8, 4) is 22.8 Å². The summed E-state index contributed by atoms with van der Waals surface area (Å²) in [5, 5.41) is 10.9. The molecule has 28 heavy (non-hydrogen) atoms. The number of nitro benzene ring substituents is 1. The van der Waals surface area contributed by atoms with E-state index in [1.54, 1.807) is 18.6 Å². The van der Waals surface area contributed by atoms with Crippen LogP contribution < -0.4 is 4.74 Å². The molecule has 0 N–H and O–H groups in total. The number of benzene rings is 2. The maximum absolute atomic E-state index is 14.4. The molecule has 4 rings (SSSR count). The normalized spacial score (nSPS) is 11.0. The standard InChI is InChI=1S/C19H12ClFN4O3/c1-24-10-22-9-15(24)11-2-3-12-13(8-11)23-7-6-16(12)28-17-5-4-14(25(26)27)18(20)19(17)21/h2-10H,1H3. The van der Waals surface area contributed by atoms with Gasteiger partial charge in [0.2, 0.25) is 0 Å². The molecule has 7 nitrogen and oxygen atoms in total. The molecule has 0 radical (unpaired) electrons. The largest absolute Gasteiger partial charge is 0.453 e. The number of imidazole rings is 1. The van der Waals surface area contributed by atoms with Gasteiger partial charge in [0.05, 0.1) is 28.7 Å². The molecule has 2 heterocycles. The summed E-state index contributed by atoms with van der Waals surface area (Å²) in [5.74, 6) is -0.850. The van der Waals surface area contributed by atoms with Crippen molar-refractivity contribution in [1.82, 2.24) is 14.5 Å². The predicted molar refractivity (Wildman–Crippen MR) is 102 cm³/mol. The van der Waals surface area contributed by atoms with Crippen LogP contribution in [0.1, 0.15) is 0 Å². The lowest BCUT2D eigenvalue weighted by Gasteiger charge is -2.11. The molecule has 2 aromatic heterocycles. The molecule has 9 heteroatoms. The molecule has 0 unspecified atom stereocenters. The van der Waals surface area contributed by atoms with Crippen LogP contribution in [-0.2, 0) is 7.05 Å². The van der Waals surface area contributed by atoms with Gasteiger partial charge in [-0.1, -0.05) is 17.7 Å². The van der Waals surface area contributed by atoms with Gasteiger partial charge in [-0.3, -0.25) is 15.1 Å². The van der Waals surface area contributed by atoms with Crippen molar-refractivity contribution in [2.75, 3.05) is 0 Å². The van der Waals surface area contributed by atoms with Crippen LogP contribution in [0.4, 0.5) is 10.1 Å². The topological polar surface area (TPSA) is 83.1 Å². The van der Waals surface area contributed by atoms with Crippen molar-refractivity contribution in [2.24, 2.45) is 7.05 Å². The minimum atomic E-state index is -0.993. The molecule has 4 aromatic rings. The van der Waals surface area contributed by atoms with Gasteiger partial charge in [-0.2, -0.15) is 0 Å². The fourth-order valence-corrected chi connectivity index (χ4v) is 3.09. The first kappa shape index (κ1) is 17.9. The Morgan fingerprint density at radius 3 is 2.75 bits per heavy atom. The lowest BCUT2D eigenvalue weighted by atomic mass is 10.1. The van der Waals surface area contributed by atoms with Gasteiger partial charge < -0.3 is 9.30 Å². The molecule has 0 fully saturated rings. The maximum Gasteiger partial charge on any atom is 0.291 e. The summed E-state index contributed by atoms with van der Waals surface area (Å²) < 4.78 is 22.0. The number of hydrogen-bond donors (Lipinski definition) is 0. The number of ether oxygens (including phenoxy) is 1. The Bertz CT molecular complexity index is 1230. The summed E-state index contributed by atoms with van der Waals surface area (Å²) in [4.78, 5) is 18.6. The van der Waals surface area contributed by atoms with Gasteiger partial charge in [-0.05, 0) is 24.3 Å². The number of halogens is 2. The van der Waals surface area contributed by atoms with E-state index in [4.69, 9.17) is 16.3 Å². The fourth-order valence-electron chi connectivity index (χ4n) is 2.87. The van der Waals surface area contributed by atoms with Crippen LogP contribution in [0.25, 0.3) is 22.2 Å². The number of aromatic nitrogens is 3. The summed E-state index contributed by atoms with van der Waals surface area (Å²) in [6.07, 6.45) is 4.99. The van der Waals surface area contributed by atoms with E-state index in [2.05, 4.69) is 9.97 Å². The van der Waals surface area contributed by atoms with Crippen LogP contribution in [0.3, 0.4) is 0 Å². The molecule has 140 valence electrons. The van der Waals surface area contributed by atoms with Crippen molar-refractivity contribution in [3.05, 3.63) is 76.1 Å². The van der Waals surface area contributed by atoms with E-state index in [9.17, 15) is 14.5 Å². The van der Waals surface area contributed by atoms with Crippen LogP contribution in [0.5, 0.6) is 11.5 Å². The number of nitrogens with zero attached hydrogens (tertiary/aromatic N) is 4. The number of rotatable bonds is 4. The van der Waals surface area contributed by atoms with E-state index in [-0.39, 0.29) is 5.75 Å². The van der Waals surface area contributed by atoms with Crippen LogP contribution in [0, 0.1) is 15.9 Å². The van der Waals surface area contributed by atoms with Crippen molar-refractivity contribution in [2.45, 2.75) is 0 Å². The predicted octanol–water partition coefficient (Wildman–Crippen LogP) is 5.13. The highest BCUT2D eigenvalue weighted by Gasteiger charge is 2.21. The van der Waals surface area contributed by atoms with Crippen LogP contribution in [0.15, 0.2) is 55.1 Å². The molecule has 0 saturated heterocycles. The molecule has 0 bridgehead atoms. The molecule has 0 aliphatic carbocycles. The zero-order valence-electron chi connectivity index (χ0n) is 14.5. The van der Waals surface area contributed by atoms with Crippen molar-refractivity contribution in [1.29, 1.82) is 0 Å². The van der Waals surface area contributed by atoms with E-state index in [1.165, 1.54) is 12.3 Å². The van der Waals surface area contributed by atoms with Crippen LogP contribution in [-0.4, -0.2) is 19.5 Å². The minimum Gasteiger partial charge on any atom is -0.453 e. The van der Waals surface area contributed by atoms with Gasteiger partial charge in [-0.25, -0.2) is 9.37 Å². The number of fused-ring (bicyclic) bond motifs is 1. The number of hydrogen-bond acceptors (Lipinski definition) is 5. The quantitative estimate of drug-likeness (QED) is 0.351. The smallest absolute Gasteiger partial charge is 0.291 e. The second-order valence-electron chi connectivity index (χ2n) is 6.00. The highest BCUT2D eigenvalue weighted by atomic mass is 35.5. The summed E-state index contributed by atoms with van der Waals surface area (Å²) in [5.41, 5.74) is 1.96. The van der Waals surface area contributed by atoms with Gasteiger partial charge in [0, 0.05) is 30.3 Å². The Kier molecular flexibility index (Phi) is 4.40. The molecule has 0 aliphatic rings. The maximum atomic E-state index is 14.4. The Labute approximate surface area is 163 Å². The minimum absolute atomic E-state index is 0.209. The van der Waals surface area contributed by atoms with Crippen LogP contribution >= 0.6 is 11.6 Å². The average Bonchev–Trinajstić information content (AvgIpc) is 3.11. The van der Waals surface area contributed by atoms with E-state index in [0.717, 1.165) is 17.3 Å². The van der Waals surface area contributed by atoms with E-state index in [1.807, 2.05) is 29.8 Å². The second kappa shape index (κ2) is 6.90. The first-order valence-corrected chi connectivity index (χ1v) is 8.49. The van der Waals surface area contributed by atoms with E-state index in [0.29, 0.717) is 16.7 Å². The third-order valence-electron chi connectivity index (χ3n) is 4.26. The second-order valence-corrected chi connectivity index (χ2v) is 6.38. The Morgan fingerprint density at radius 2 is 2.04 bits per heavy atom. The molecule has 0 amide bonds. The lowest BCUT2D eigenvalue weighted by Crippen LogP contribution is -1.96. The van der Waals surface area contributed by atoms with Gasteiger partial charge in [0.15, 0.2) is 16.6 Å². The molecular formula is C19H12ClFN4O3. The Balaban J connectivity index is 1.75. The molecule has 2 aromatic carbocycles. The molecule has 0 aliphatic heterocycles. The van der Waals surface area contributed by atoms with Crippen molar-refractivity contribution < 1.29 is 14.1 Å². The third kappa shape index (κ3) is 3.03. The molecule has 0 spiro atoms. The van der Waals surface area contributed by atoms with Crippen molar-refractivity contribution >= 4 is 28.2 Å². The first-order valence-electron chi connectivity index (χ1n) is 8.11. The highest BCUT2D eigenvalue weighted by molar-refractivity contribution is 6.33.